The van der Waals surface area contributed by atoms with Gasteiger partial charge in [-0.05, 0) is 44.4 Å². The lowest BCUT2D eigenvalue weighted by molar-refractivity contribution is -0.143. The zero-order valence-electron chi connectivity index (χ0n) is 16.3. The van der Waals surface area contributed by atoms with Crippen molar-refractivity contribution in [2.24, 2.45) is 4.99 Å². The third-order valence-electron chi connectivity index (χ3n) is 4.24. The summed E-state index contributed by atoms with van der Waals surface area (Å²) in [4.78, 5) is 29.6. The SMILES string of the molecule is CCNC(=NCc1ccc(N2CCCC2=O)cc1)NCCCC(=O)OCC. The number of ether oxygens (including phenoxy) is 1. The average molecular weight is 374 g/mol. The van der Waals surface area contributed by atoms with Crippen molar-refractivity contribution in [2.75, 3.05) is 31.1 Å². The van der Waals surface area contributed by atoms with Gasteiger partial charge in [0.1, 0.15) is 0 Å². The maximum atomic E-state index is 11.8. The van der Waals surface area contributed by atoms with Crippen LogP contribution in [0.25, 0.3) is 0 Å². The zero-order valence-corrected chi connectivity index (χ0v) is 16.3. The minimum atomic E-state index is -0.169. The summed E-state index contributed by atoms with van der Waals surface area (Å²) in [5, 5.41) is 6.43. The lowest BCUT2D eigenvalue weighted by atomic mass is 10.2. The second-order valence-electron chi connectivity index (χ2n) is 6.35. The van der Waals surface area contributed by atoms with Gasteiger partial charge in [0.15, 0.2) is 5.96 Å². The largest absolute Gasteiger partial charge is 0.466 e. The lowest BCUT2D eigenvalue weighted by Crippen LogP contribution is -2.37. The van der Waals surface area contributed by atoms with Crippen molar-refractivity contribution >= 4 is 23.5 Å². The molecule has 2 rings (SSSR count). The van der Waals surface area contributed by atoms with Crippen LogP contribution in [0.15, 0.2) is 29.3 Å². The molecule has 0 aliphatic carbocycles. The summed E-state index contributed by atoms with van der Waals surface area (Å²) in [6.45, 7) is 7.00. The second kappa shape index (κ2) is 11.2. The van der Waals surface area contributed by atoms with Gasteiger partial charge in [-0.25, -0.2) is 4.99 Å². The predicted octanol–water partition coefficient (Wildman–Crippen LogP) is 2.21. The summed E-state index contributed by atoms with van der Waals surface area (Å²) >= 11 is 0. The summed E-state index contributed by atoms with van der Waals surface area (Å²) < 4.78 is 4.92. The summed E-state index contributed by atoms with van der Waals surface area (Å²) in [5.74, 6) is 0.750. The number of nitrogens with one attached hydrogen (secondary N) is 2. The molecule has 1 heterocycles. The van der Waals surface area contributed by atoms with Crippen LogP contribution < -0.4 is 15.5 Å². The molecule has 0 saturated carbocycles. The van der Waals surface area contributed by atoms with E-state index in [0.717, 1.165) is 36.7 Å². The van der Waals surface area contributed by atoms with E-state index in [1.807, 2.05) is 43.0 Å². The third kappa shape index (κ3) is 6.92. The molecule has 1 saturated heterocycles. The highest BCUT2D eigenvalue weighted by atomic mass is 16.5. The average Bonchev–Trinajstić information content (AvgIpc) is 3.09. The molecule has 1 aliphatic heterocycles. The van der Waals surface area contributed by atoms with E-state index in [-0.39, 0.29) is 11.9 Å². The fraction of sp³-hybridized carbons (Fsp3) is 0.550. The fourth-order valence-corrected chi connectivity index (χ4v) is 2.89. The normalized spacial score (nSPS) is 14.4. The number of guanidine groups is 1. The highest BCUT2D eigenvalue weighted by molar-refractivity contribution is 5.95. The van der Waals surface area contributed by atoms with E-state index < -0.39 is 0 Å². The molecule has 1 amide bonds. The van der Waals surface area contributed by atoms with Gasteiger partial charge in [-0.3, -0.25) is 9.59 Å². The summed E-state index contributed by atoms with van der Waals surface area (Å²) in [6, 6.07) is 7.98. The number of rotatable bonds is 9. The molecule has 0 aromatic heterocycles. The number of esters is 1. The Kier molecular flexibility index (Phi) is 8.61. The summed E-state index contributed by atoms with van der Waals surface area (Å²) in [6.07, 6.45) is 2.66. The number of aliphatic imine (C=N–C) groups is 1. The first-order valence-electron chi connectivity index (χ1n) is 9.71. The van der Waals surface area contributed by atoms with Crippen LogP contribution in [-0.4, -0.2) is 44.1 Å². The van der Waals surface area contributed by atoms with E-state index in [4.69, 9.17) is 4.74 Å². The molecular formula is C20H30N4O3. The number of amides is 1. The van der Waals surface area contributed by atoms with Crippen LogP contribution in [0.2, 0.25) is 0 Å². The van der Waals surface area contributed by atoms with Gasteiger partial charge in [0, 0.05) is 38.2 Å². The van der Waals surface area contributed by atoms with Crippen LogP contribution in [0.1, 0.15) is 45.1 Å². The standard InChI is InChI=1S/C20H30N4O3/c1-3-21-20(22-13-5-8-19(26)27-4-2)23-15-16-9-11-17(12-10-16)24-14-6-7-18(24)25/h9-12H,3-8,13-15H2,1-2H3,(H2,21,22,23). The quantitative estimate of drug-likeness (QED) is 0.300. The van der Waals surface area contributed by atoms with Crippen molar-refractivity contribution in [3.63, 3.8) is 0 Å². The topological polar surface area (TPSA) is 83.0 Å². The first-order valence-corrected chi connectivity index (χ1v) is 9.71. The number of benzene rings is 1. The number of carbonyl (C=O) groups is 2. The van der Waals surface area contributed by atoms with Gasteiger partial charge in [-0.2, -0.15) is 0 Å². The van der Waals surface area contributed by atoms with Crippen LogP contribution in [-0.2, 0) is 20.9 Å². The molecule has 1 fully saturated rings. The summed E-state index contributed by atoms with van der Waals surface area (Å²) in [5.41, 5.74) is 2.03. The molecule has 0 atom stereocenters. The lowest BCUT2D eigenvalue weighted by Gasteiger charge is -2.16. The number of anilines is 1. The minimum Gasteiger partial charge on any atom is -0.466 e. The van der Waals surface area contributed by atoms with Crippen molar-refractivity contribution in [2.45, 2.75) is 46.1 Å². The Bertz CT molecular complexity index is 643. The maximum Gasteiger partial charge on any atom is 0.305 e. The van der Waals surface area contributed by atoms with Crippen molar-refractivity contribution in [1.29, 1.82) is 0 Å². The van der Waals surface area contributed by atoms with Gasteiger partial charge in [0.2, 0.25) is 5.91 Å². The van der Waals surface area contributed by atoms with E-state index in [9.17, 15) is 9.59 Å². The molecule has 7 nitrogen and oxygen atoms in total. The Hall–Kier alpha value is -2.57. The highest BCUT2D eigenvalue weighted by Gasteiger charge is 2.21. The van der Waals surface area contributed by atoms with Crippen molar-refractivity contribution in [1.82, 2.24) is 10.6 Å². The minimum absolute atomic E-state index is 0.169. The van der Waals surface area contributed by atoms with E-state index in [1.54, 1.807) is 0 Å². The molecule has 0 spiro atoms. The molecule has 1 aromatic carbocycles. The van der Waals surface area contributed by atoms with Crippen molar-refractivity contribution in [3.8, 4) is 0 Å². The Labute approximate surface area is 161 Å². The zero-order chi connectivity index (χ0) is 19.5. The molecule has 1 aromatic rings. The monoisotopic (exact) mass is 374 g/mol. The molecule has 148 valence electrons. The molecule has 0 bridgehead atoms. The van der Waals surface area contributed by atoms with Crippen molar-refractivity contribution in [3.05, 3.63) is 29.8 Å². The Morgan fingerprint density at radius 1 is 1.22 bits per heavy atom. The smallest absolute Gasteiger partial charge is 0.305 e. The third-order valence-corrected chi connectivity index (χ3v) is 4.24. The Morgan fingerprint density at radius 2 is 2.00 bits per heavy atom. The van der Waals surface area contributed by atoms with Crippen LogP contribution >= 0.6 is 0 Å². The van der Waals surface area contributed by atoms with Gasteiger partial charge in [-0.1, -0.05) is 12.1 Å². The summed E-state index contributed by atoms with van der Waals surface area (Å²) in [7, 11) is 0. The van der Waals surface area contributed by atoms with Crippen LogP contribution in [0, 0.1) is 0 Å². The van der Waals surface area contributed by atoms with Crippen LogP contribution in [0.3, 0.4) is 0 Å². The Morgan fingerprint density at radius 3 is 2.63 bits per heavy atom. The van der Waals surface area contributed by atoms with Crippen LogP contribution in [0.5, 0.6) is 0 Å². The molecular weight excluding hydrogens is 344 g/mol. The molecule has 2 N–H and O–H groups in total. The predicted molar refractivity (Wildman–Crippen MR) is 107 cm³/mol. The van der Waals surface area contributed by atoms with E-state index in [1.165, 1.54) is 0 Å². The van der Waals surface area contributed by atoms with Gasteiger partial charge in [0.05, 0.1) is 13.2 Å². The molecule has 27 heavy (non-hydrogen) atoms. The Balaban J connectivity index is 1.82. The number of nitrogens with zero attached hydrogens (tertiary/aromatic N) is 2. The molecule has 1 aliphatic rings. The number of hydrogen-bond acceptors (Lipinski definition) is 4. The van der Waals surface area contributed by atoms with Gasteiger partial charge >= 0.3 is 5.97 Å². The molecule has 7 heteroatoms. The van der Waals surface area contributed by atoms with Crippen LogP contribution in [0.4, 0.5) is 5.69 Å². The molecule has 0 unspecified atom stereocenters. The van der Waals surface area contributed by atoms with E-state index >= 15 is 0 Å². The second-order valence-corrected chi connectivity index (χ2v) is 6.35. The number of carbonyl (C=O) groups excluding carboxylic acids is 2. The fourth-order valence-electron chi connectivity index (χ4n) is 2.89. The van der Waals surface area contributed by atoms with Gasteiger partial charge < -0.3 is 20.3 Å². The first-order chi connectivity index (χ1) is 13.1. The van der Waals surface area contributed by atoms with Gasteiger partial charge in [-0.15, -0.1) is 0 Å². The first kappa shape index (κ1) is 20.7. The van der Waals surface area contributed by atoms with Gasteiger partial charge in [0.25, 0.3) is 0 Å². The van der Waals surface area contributed by atoms with E-state index in [2.05, 4.69) is 15.6 Å². The van der Waals surface area contributed by atoms with Crippen molar-refractivity contribution < 1.29 is 14.3 Å². The number of hydrogen-bond donors (Lipinski definition) is 2. The van der Waals surface area contributed by atoms with E-state index in [0.29, 0.717) is 39.0 Å². The highest BCUT2D eigenvalue weighted by Crippen LogP contribution is 2.21. The molecule has 0 radical (unpaired) electrons. The maximum absolute atomic E-state index is 11.8.